The third kappa shape index (κ3) is 5.44. The van der Waals surface area contributed by atoms with E-state index in [9.17, 15) is 0 Å². The summed E-state index contributed by atoms with van der Waals surface area (Å²) in [5, 5.41) is 0. The average Bonchev–Trinajstić information content (AvgIpc) is 2.87. The lowest BCUT2D eigenvalue weighted by Crippen LogP contribution is -2.39. The van der Waals surface area contributed by atoms with Crippen LogP contribution < -0.4 is 0 Å². The zero-order valence-corrected chi connectivity index (χ0v) is 16.3. The normalized spacial score (nSPS) is 30.9. The molecule has 2 rings (SSSR count). The van der Waals surface area contributed by atoms with Crippen molar-refractivity contribution in [3.8, 4) is 0 Å². The maximum atomic E-state index is 6.39. The number of hydrogen-bond donors (Lipinski definition) is 0. The Morgan fingerprint density at radius 1 is 1.29 bits per heavy atom. The van der Waals surface area contributed by atoms with E-state index in [2.05, 4.69) is 45.8 Å². The number of rotatable bonds is 7. The molecule has 0 amide bonds. The van der Waals surface area contributed by atoms with E-state index in [4.69, 9.17) is 9.47 Å². The Labute approximate surface area is 149 Å². The number of nitrogens with zero attached hydrogens (tertiary/aromatic N) is 1. The van der Waals surface area contributed by atoms with Gasteiger partial charge in [0.15, 0.2) is 5.79 Å². The van der Waals surface area contributed by atoms with Gasteiger partial charge >= 0.3 is 0 Å². The highest BCUT2D eigenvalue weighted by Crippen LogP contribution is 2.45. The van der Waals surface area contributed by atoms with Crippen molar-refractivity contribution in [2.45, 2.75) is 71.7 Å². The van der Waals surface area contributed by atoms with Crippen molar-refractivity contribution in [3.63, 3.8) is 0 Å². The molecule has 1 saturated heterocycles. The Morgan fingerprint density at radius 3 is 2.50 bits per heavy atom. The monoisotopic (exact) mass is 335 g/mol. The molecule has 3 nitrogen and oxygen atoms in total. The van der Waals surface area contributed by atoms with Crippen molar-refractivity contribution in [1.29, 1.82) is 0 Å². The van der Waals surface area contributed by atoms with Gasteiger partial charge in [-0.05, 0) is 37.5 Å². The van der Waals surface area contributed by atoms with Gasteiger partial charge in [-0.15, -0.1) is 6.58 Å². The van der Waals surface area contributed by atoms with Crippen LogP contribution in [0.3, 0.4) is 0 Å². The van der Waals surface area contributed by atoms with E-state index in [0.29, 0.717) is 5.41 Å². The Balaban J connectivity index is 1.79. The lowest BCUT2D eigenvalue weighted by Gasteiger charge is -2.41. The minimum Gasteiger partial charge on any atom is -0.347 e. The molecule has 3 heteroatoms. The third-order valence-corrected chi connectivity index (χ3v) is 5.53. The second-order valence-corrected chi connectivity index (χ2v) is 8.87. The molecule has 0 aromatic carbocycles. The van der Waals surface area contributed by atoms with E-state index in [1.54, 1.807) is 0 Å². The molecular formula is C21H37NO2. The molecule has 1 spiro atoms. The molecule has 2 aliphatic rings. The fraction of sp³-hybridized carbons (Fsp3) is 0.810. The van der Waals surface area contributed by atoms with E-state index < -0.39 is 0 Å². The zero-order valence-electron chi connectivity index (χ0n) is 16.3. The van der Waals surface area contributed by atoms with Crippen LogP contribution in [0.2, 0.25) is 0 Å². The zero-order chi connectivity index (χ0) is 17.8. The van der Waals surface area contributed by atoms with Crippen LogP contribution in [0.5, 0.6) is 0 Å². The first-order valence-electron chi connectivity index (χ1n) is 9.53. The van der Waals surface area contributed by atoms with E-state index in [1.807, 2.05) is 6.08 Å². The van der Waals surface area contributed by atoms with Crippen molar-refractivity contribution >= 4 is 0 Å². The Hall–Kier alpha value is -0.640. The van der Waals surface area contributed by atoms with Crippen LogP contribution in [-0.2, 0) is 9.47 Å². The van der Waals surface area contributed by atoms with Crippen molar-refractivity contribution < 1.29 is 9.47 Å². The number of ether oxygens (including phenoxy) is 2. The van der Waals surface area contributed by atoms with Gasteiger partial charge in [-0.1, -0.05) is 39.0 Å². The van der Waals surface area contributed by atoms with Crippen molar-refractivity contribution in [3.05, 3.63) is 24.8 Å². The van der Waals surface area contributed by atoms with Gasteiger partial charge in [0.1, 0.15) is 0 Å². The van der Waals surface area contributed by atoms with Gasteiger partial charge in [0.25, 0.3) is 0 Å². The summed E-state index contributed by atoms with van der Waals surface area (Å²) in [4.78, 5) is 2.38. The van der Waals surface area contributed by atoms with E-state index in [0.717, 1.165) is 51.4 Å². The Morgan fingerprint density at radius 2 is 1.96 bits per heavy atom. The van der Waals surface area contributed by atoms with Crippen LogP contribution >= 0.6 is 0 Å². The van der Waals surface area contributed by atoms with Crippen LogP contribution in [0.15, 0.2) is 24.8 Å². The molecule has 0 aromatic rings. The minimum absolute atomic E-state index is 0.230. The summed E-state index contributed by atoms with van der Waals surface area (Å²) in [6.07, 6.45) is 7.74. The molecule has 1 heterocycles. The smallest absolute Gasteiger partial charge is 0.168 e. The Kier molecular flexibility index (Phi) is 6.69. The van der Waals surface area contributed by atoms with E-state index in [1.165, 1.54) is 18.4 Å². The molecule has 0 N–H and O–H groups in total. The molecule has 1 saturated carbocycles. The van der Waals surface area contributed by atoms with E-state index >= 15 is 0 Å². The van der Waals surface area contributed by atoms with Crippen LogP contribution in [0.1, 0.15) is 59.8 Å². The summed E-state index contributed by atoms with van der Waals surface area (Å²) in [7, 11) is 0. The average molecular weight is 336 g/mol. The van der Waals surface area contributed by atoms with Crippen LogP contribution in [0.25, 0.3) is 0 Å². The quantitative estimate of drug-likeness (QED) is 0.624. The molecule has 0 bridgehead atoms. The van der Waals surface area contributed by atoms with Gasteiger partial charge in [-0.25, -0.2) is 0 Å². The lowest BCUT2D eigenvalue weighted by atomic mass is 9.71. The minimum atomic E-state index is -0.288. The van der Waals surface area contributed by atoms with Gasteiger partial charge in [-0.2, -0.15) is 0 Å². The SMILES string of the molecule is C=CCN(CCC1COC2(CCC(C(C)(C)C)CC2)O1)CC(=C)C. The molecule has 138 valence electrons. The largest absolute Gasteiger partial charge is 0.347 e. The third-order valence-electron chi connectivity index (χ3n) is 5.53. The van der Waals surface area contributed by atoms with Gasteiger partial charge in [-0.3, -0.25) is 4.90 Å². The van der Waals surface area contributed by atoms with Gasteiger partial charge < -0.3 is 9.47 Å². The second kappa shape index (κ2) is 8.16. The molecular weight excluding hydrogens is 298 g/mol. The highest BCUT2D eigenvalue weighted by molar-refractivity contribution is 4.94. The lowest BCUT2D eigenvalue weighted by molar-refractivity contribution is -0.197. The number of hydrogen-bond acceptors (Lipinski definition) is 3. The summed E-state index contributed by atoms with van der Waals surface area (Å²) in [6.45, 7) is 20.6. The first-order valence-corrected chi connectivity index (χ1v) is 9.53. The first-order chi connectivity index (χ1) is 11.2. The fourth-order valence-corrected chi connectivity index (χ4v) is 4.07. The maximum Gasteiger partial charge on any atom is 0.168 e. The molecule has 1 atom stereocenters. The predicted octanol–water partition coefficient (Wildman–Crippen LogP) is 4.79. The maximum absolute atomic E-state index is 6.39. The summed E-state index contributed by atoms with van der Waals surface area (Å²) in [5.41, 5.74) is 1.59. The summed E-state index contributed by atoms with van der Waals surface area (Å²) in [6, 6.07) is 0. The second-order valence-electron chi connectivity index (χ2n) is 8.87. The predicted molar refractivity (Wildman–Crippen MR) is 101 cm³/mol. The molecule has 1 aliphatic carbocycles. The van der Waals surface area contributed by atoms with Crippen LogP contribution in [0, 0.1) is 11.3 Å². The van der Waals surface area contributed by atoms with Gasteiger partial charge in [0.2, 0.25) is 0 Å². The Bertz CT molecular complexity index is 430. The molecule has 1 aliphatic heterocycles. The van der Waals surface area contributed by atoms with Gasteiger partial charge in [0, 0.05) is 32.5 Å². The molecule has 0 radical (unpaired) electrons. The summed E-state index contributed by atoms with van der Waals surface area (Å²) in [5.74, 6) is 0.498. The molecule has 24 heavy (non-hydrogen) atoms. The topological polar surface area (TPSA) is 21.7 Å². The highest BCUT2D eigenvalue weighted by Gasteiger charge is 2.45. The standard InChI is InChI=1S/C21H37NO2/c1-7-13-22(15-17(2)3)14-10-19-16-23-21(24-19)11-8-18(9-12-21)20(4,5)6/h7,18-19H,1-2,8-16H2,3-6H3. The summed E-state index contributed by atoms with van der Waals surface area (Å²) < 4.78 is 12.5. The van der Waals surface area contributed by atoms with Crippen LogP contribution in [0.4, 0.5) is 0 Å². The van der Waals surface area contributed by atoms with Crippen LogP contribution in [-0.4, -0.2) is 43.0 Å². The first kappa shape index (κ1) is 19.7. The fourth-order valence-electron chi connectivity index (χ4n) is 4.07. The van der Waals surface area contributed by atoms with Crippen molar-refractivity contribution in [1.82, 2.24) is 4.90 Å². The van der Waals surface area contributed by atoms with Crippen molar-refractivity contribution in [2.75, 3.05) is 26.2 Å². The van der Waals surface area contributed by atoms with Crippen molar-refractivity contribution in [2.24, 2.45) is 11.3 Å². The van der Waals surface area contributed by atoms with Gasteiger partial charge in [0.05, 0.1) is 12.7 Å². The molecule has 0 aromatic heterocycles. The van der Waals surface area contributed by atoms with E-state index in [-0.39, 0.29) is 11.9 Å². The highest BCUT2D eigenvalue weighted by atomic mass is 16.7. The molecule has 2 fully saturated rings. The molecule has 1 unspecified atom stereocenters. The summed E-state index contributed by atoms with van der Waals surface area (Å²) >= 11 is 0.